The predicted octanol–water partition coefficient (Wildman–Crippen LogP) is 5.29. The molecule has 3 aromatic rings. The van der Waals surface area contributed by atoms with E-state index in [9.17, 15) is 0 Å². The van der Waals surface area contributed by atoms with Crippen LogP contribution in [0.4, 0.5) is 0 Å². The van der Waals surface area contributed by atoms with E-state index in [4.69, 9.17) is 9.47 Å². The number of hydrogen-bond donors (Lipinski definition) is 1. The van der Waals surface area contributed by atoms with Crippen LogP contribution in [0.2, 0.25) is 0 Å². The third-order valence-corrected chi connectivity index (χ3v) is 5.46. The zero-order valence-corrected chi connectivity index (χ0v) is 16.6. The third kappa shape index (κ3) is 4.54. The predicted molar refractivity (Wildman–Crippen MR) is 115 cm³/mol. The third-order valence-electron chi connectivity index (χ3n) is 5.46. The molecular formula is C25H29NO2. The van der Waals surface area contributed by atoms with Gasteiger partial charge < -0.3 is 14.8 Å². The summed E-state index contributed by atoms with van der Waals surface area (Å²) in [6.07, 6.45) is 2.27. The van der Waals surface area contributed by atoms with E-state index in [2.05, 4.69) is 72.9 Å². The average molecular weight is 376 g/mol. The first kappa shape index (κ1) is 19.0. The molecule has 2 unspecified atom stereocenters. The van der Waals surface area contributed by atoms with Crippen LogP contribution in [0.3, 0.4) is 0 Å². The molecule has 3 aromatic carbocycles. The second-order valence-corrected chi connectivity index (χ2v) is 7.55. The van der Waals surface area contributed by atoms with Crippen molar-refractivity contribution in [1.82, 2.24) is 5.32 Å². The van der Waals surface area contributed by atoms with Crippen molar-refractivity contribution in [3.05, 3.63) is 77.9 Å². The van der Waals surface area contributed by atoms with Gasteiger partial charge in [-0.2, -0.15) is 0 Å². The number of fused-ring (bicyclic) bond motifs is 1. The quantitative estimate of drug-likeness (QED) is 0.608. The highest BCUT2D eigenvalue weighted by Crippen LogP contribution is 2.30. The molecule has 3 heteroatoms. The van der Waals surface area contributed by atoms with Crippen molar-refractivity contribution in [1.29, 1.82) is 0 Å². The summed E-state index contributed by atoms with van der Waals surface area (Å²) in [5, 5.41) is 6.03. The molecule has 146 valence electrons. The minimum absolute atomic E-state index is 0.168. The summed E-state index contributed by atoms with van der Waals surface area (Å²) in [6.45, 7) is 5.45. The summed E-state index contributed by atoms with van der Waals surface area (Å²) in [7, 11) is 0. The van der Waals surface area contributed by atoms with E-state index in [0.717, 1.165) is 38.3 Å². The van der Waals surface area contributed by atoms with E-state index in [0.29, 0.717) is 12.5 Å². The van der Waals surface area contributed by atoms with E-state index in [1.54, 1.807) is 0 Å². The average Bonchev–Trinajstić information content (AvgIpc) is 2.76. The van der Waals surface area contributed by atoms with E-state index in [-0.39, 0.29) is 6.10 Å². The van der Waals surface area contributed by atoms with E-state index < -0.39 is 0 Å². The van der Waals surface area contributed by atoms with Crippen molar-refractivity contribution in [2.24, 2.45) is 0 Å². The normalized spacial score (nSPS) is 19.6. The molecule has 0 bridgehead atoms. The van der Waals surface area contributed by atoms with Crippen LogP contribution >= 0.6 is 0 Å². The van der Waals surface area contributed by atoms with Gasteiger partial charge in [0.2, 0.25) is 0 Å². The van der Waals surface area contributed by atoms with Crippen molar-refractivity contribution < 1.29 is 9.47 Å². The zero-order valence-electron chi connectivity index (χ0n) is 16.6. The van der Waals surface area contributed by atoms with Crippen molar-refractivity contribution in [3.63, 3.8) is 0 Å². The van der Waals surface area contributed by atoms with Gasteiger partial charge in [0.1, 0.15) is 5.75 Å². The Morgan fingerprint density at radius 1 is 0.964 bits per heavy atom. The molecule has 1 aliphatic rings. The highest BCUT2D eigenvalue weighted by molar-refractivity contribution is 5.82. The molecule has 0 aromatic heterocycles. The Bertz CT molecular complexity index is 908. The van der Waals surface area contributed by atoms with Crippen LogP contribution in [0.5, 0.6) is 5.75 Å². The Balaban J connectivity index is 1.46. The number of benzene rings is 3. The Kier molecular flexibility index (Phi) is 6.25. The molecule has 1 heterocycles. The van der Waals surface area contributed by atoms with Gasteiger partial charge in [-0.05, 0) is 59.5 Å². The Morgan fingerprint density at radius 2 is 1.86 bits per heavy atom. The highest BCUT2D eigenvalue weighted by atomic mass is 16.5. The fraction of sp³-hybridized carbons (Fsp3) is 0.360. The number of rotatable bonds is 7. The Morgan fingerprint density at radius 3 is 2.75 bits per heavy atom. The van der Waals surface area contributed by atoms with Crippen LogP contribution in [0, 0.1) is 0 Å². The van der Waals surface area contributed by atoms with Crippen molar-refractivity contribution in [3.8, 4) is 5.75 Å². The lowest BCUT2D eigenvalue weighted by atomic mass is 9.87. The fourth-order valence-corrected chi connectivity index (χ4v) is 3.97. The molecule has 0 saturated carbocycles. The van der Waals surface area contributed by atoms with Crippen LogP contribution in [0.25, 0.3) is 10.8 Å². The second-order valence-electron chi connectivity index (χ2n) is 7.55. The monoisotopic (exact) mass is 375 g/mol. The van der Waals surface area contributed by atoms with Gasteiger partial charge >= 0.3 is 0 Å². The van der Waals surface area contributed by atoms with Crippen LogP contribution < -0.4 is 10.1 Å². The van der Waals surface area contributed by atoms with Crippen molar-refractivity contribution >= 4 is 10.8 Å². The Labute approximate surface area is 167 Å². The topological polar surface area (TPSA) is 30.5 Å². The standard InChI is InChI=1S/C25H29NO2/c1-2-14-27-23-9-5-8-22(16-23)24-12-13-26-17-25(24)28-18-19-10-11-20-6-3-4-7-21(20)15-19/h3-11,15-16,24-26H,2,12-14,17-18H2,1H3. The van der Waals surface area contributed by atoms with Crippen LogP contribution in [-0.2, 0) is 11.3 Å². The summed E-state index contributed by atoms with van der Waals surface area (Å²) < 4.78 is 12.2. The number of nitrogens with one attached hydrogen (secondary N) is 1. The largest absolute Gasteiger partial charge is 0.494 e. The fourth-order valence-electron chi connectivity index (χ4n) is 3.97. The maximum atomic E-state index is 6.40. The molecule has 1 saturated heterocycles. The molecule has 0 spiro atoms. The lowest BCUT2D eigenvalue weighted by Gasteiger charge is -2.32. The number of piperidine rings is 1. The summed E-state index contributed by atoms with van der Waals surface area (Å²) in [5.41, 5.74) is 2.54. The van der Waals surface area contributed by atoms with Gasteiger partial charge in [0, 0.05) is 12.5 Å². The molecule has 0 radical (unpaired) electrons. The molecule has 28 heavy (non-hydrogen) atoms. The van der Waals surface area contributed by atoms with Gasteiger partial charge in [-0.15, -0.1) is 0 Å². The molecule has 1 N–H and O–H groups in total. The smallest absolute Gasteiger partial charge is 0.119 e. The molecule has 3 nitrogen and oxygen atoms in total. The first-order valence-corrected chi connectivity index (χ1v) is 10.4. The summed E-state index contributed by atoms with van der Waals surface area (Å²) in [4.78, 5) is 0. The first-order valence-electron chi connectivity index (χ1n) is 10.4. The van der Waals surface area contributed by atoms with Gasteiger partial charge in [-0.25, -0.2) is 0 Å². The first-order chi connectivity index (χ1) is 13.8. The minimum atomic E-state index is 0.168. The molecule has 1 fully saturated rings. The Hall–Kier alpha value is -2.36. The summed E-state index contributed by atoms with van der Waals surface area (Å²) >= 11 is 0. The van der Waals surface area contributed by atoms with E-state index in [1.165, 1.54) is 21.9 Å². The zero-order chi connectivity index (χ0) is 19.2. The van der Waals surface area contributed by atoms with E-state index in [1.807, 2.05) is 6.07 Å². The molecule has 4 rings (SSSR count). The molecule has 1 aliphatic heterocycles. The molecule has 0 aliphatic carbocycles. The maximum Gasteiger partial charge on any atom is 0.119 e. The SMILES string of the molecule is CCCOc1cccc(C2CCNCC2OCc2ccc3ccccc3c2)c1. The van der Waals surface area contributed by atoms with Gasteiger partial charge in [0.05, 0.1) is 19.3 Å². The minimum Gasteiger partial charge on any atom is -0.494 e. The molecular weight excluding hydrogens is 346 g/mol. The number of ether oxygens (including phenoxy) is 2. The maximum absolute atomic E-state index is 6.40. The van der Waals surface area contributed by atoms with Gasteiger partial charge in [0.25, 0.3) is 0 Å². The van der Waals surface area contributed by atoms with Crippen molar-refractivity contribution in [2.45, 2.75) is 38.4 Å². The molecule has 0 amide bonds. The van der Waals surface area contributed by atoms with Crippen LogP contribution in [0.15, 0.2) is 66.7 Å². The lowest BCUT2D eigenvalue weighted by molar-refractivity contribution is 0.0106. The van der Waals surface area contributed by atoms with Gasteiger partial charge in [0.15, 0.2) is 0 Å². The lowest BCUT2D eigenvalue weighted by Crippen LogP contribution is -2.40. The van der Waals surface area contributed by atoms with Gasteiger partial charge in [-0.1, -0.05) is 55.5 Å². The number of hydrogen-bond acceptors (Lipinski definition) is 3. The summed E-state index contributed by atoms with van der Waals surface area (Å²) in [6, 6.07) is 23.6. The highest BCUT2D eigenvalue weighted by Gasteiger charge is 2.27. The molecule has 2 atom stereocenters. The van der Waals surface area contributed by atoms with Crippen molar-refractivity contribution in [2.75, 3.05) is 19.7 Å². The summed E-state index contributed by atoms with van der Waals surface area (Å²) in [5.74, 6) is 1.36. The van der Waals surface area contributed by atoms with Crippen LogP contribution in [0.1, 0.15) is 36.8 Å². The second kappa shape index (κ2) is 9.22. The van der Waals surface area contributed by atoms with Gasteiger partial charge in [-0.3, -0.25) is 0 Å². The van der Waals surface area contributed by atoms with E-state index >= 15 is 0 Å². The van der Waals surface area contributed by atoms with Crippen LogP contribution in [-0.4, -0.2) is 25.8 Å².